The summed E-state index contributed by atoms with van der Waals surface area (Å²) in [6.45, 7) is 6.18. The van der Waals surface area contributed by atoms with E-state index in [9.17, 15) is 9.90 Å². The number of benzene rings is 3. The van der Waals surface area contributed by atoms with E-state index in [0.717, 1.165) is 38.9 Å². The number of aromatic nitrogens is 1. The Morgan fingerprint density at radius 1 is 0.938 bits per heavy atom. The number of aromatic carboxylic acids is 1. The minimum absolute atomic E-state index is 0.333. The molecule has 0 amide bonds. The van der Waals surface area contributed by atoms with Crippen molar-refractivity contribution in [2.45, 2.75) is 33.5 Å². The van der Waals surface area contributed by atoms with Gasteiger partial charge in [-0.3, -0.25) is 0 Å². The van der Waals surface area contributed by atoms with Crippen LogP contribution in [0.15, 0.2) is 72.8 Å². The molecule has 5 nitrogen and oxygen atoms in total. The summed E-state index contributed by atoms with van der Waals surface area (Å²) in [4.78, 5) is 12.4. The van der Waals surface area contributed by atoms with Crippen molar-refractivity contribution >= 4 is 16.9 Å². The fourth-order valence-corrected chi connectivity index (χ4v) is 4.19. The van der Waals surface area contributed by atoms with Crippen molar-refractivity contribution in [1.82, 2.24) is 9.88 Å². The second kappa shape index (κ2) is 9.71. The van der Waals surface area contributed by atoms with E-state index in [1.54, 1.807) is 0 Å². The van der Waals surface area contributed by atoms with Crippen molar-refractivity contribution in [2.24, 2.45) is 0 Å². The van der Waals surface area contributed by atoms with Gasteiger partial charge in [0.1, 0.15) is 11.4 Å². The van der Waals surface area contributed by atoms with Gasteiger partial charge in [0.15, 0.2) is 0 Å². The Morgan fingerprint density at radius 2 is 1.62 bits per heavy atom. The average Bonchev–Trinajstić information content (AvgIpc) is 3.10. The van der Waals surface area contributed by atoms with Gasteiger partial charge in [0, 0.05) is 41.7 Å². The molecule has 2 N–H and O–H groups in total. The number of carboxylic acid groups (broad SMARTS) is 1. The second-order valence-corrected chi connectivity index (χ2v) is 7.81. The van der Waals surface area contributed by atoms with Crippen LogP contribution < -0.4 is 10.1 Å². The molecule has 1 aromatic heterocycles. The van der Waals surface area contributed by atoms with Gasteiger partial charge in [-0.25, -0.2) is 4.79 Å². The van der Waals surface area contributed by atoms with E-state index in [2.05, 4.69) is 24.4 Å². The normalized spacial score (nSPS) is 11.1. The van der Waals surface area contributed by atoms with Gasteiger partial charge in [-0.1, -0.05) is 60.7 Å². The third-order valence-corrected chi connectivity index (χ3v) is 5.76. The molecule has 0 unspecified atom stereocenters. The zero-order chi connectivity index (χ0) is 22.5. The molecule has 1 heterocycles. The fraction of sp³-hybridized carbons (Fsp3) is 0.222. The van der Waals surface area contributed by atoms with Crippen molar-refractivity contribution in [3.05, 3.63) is 101 Å². The van der Waals surface area contributed by atoms with Crippen molar-refractivity contribution in [2.75, 3.05) is 6.61 Å². The molecule has 0 radical (unpaired) electrons. The molecule has 0 saturated carbocycles. The summed E-state index contributed by atoms with van der Waals surface area (Å²) >= 11 is 0. The maximum Gasteiger partial charge on any atom is 0.352 e. The lowest BCUT2D eigenvalue weighted by molar-refractivity contribution is 0.0684. The number of carboxylic acids is 1. The van der Waals surface area contributed by atoms with Gasteiger partial charge >= 0.3 is 5.97 Å². The van der Waals surface area contributed by atoms with Crippen molar-refractivity contribution in [3.63, 3.8) is 0 Å². The Morgan fingerprint density at radius 3 is 2.38 bits per heavy atom. The smallest absolute Gasteiger partial charge is 0.352 e. The molecular formula is C27H28N2O3. The third-order valence-electron chi connectivity index (χ3n) is 5.76. The number of hydrogen-bond acceptors (Lipinski definition) is 3. The lowest BCUT2D eigenvalue weighted by Gasteiger charge is -2.12. The van der Waals surface area contributed by atoms with Crippen LogP contribution in [-0.4, -0.2) is 22.2 Å². The number of nitrogens with one attached hydrogen (secondary N) is 1. The topological polar surface area (TPSA) is 63.5 Å². The average molecular weight is 429 g/mol. The Balaban J connectivity index is 1.68. The summed E-state index contributed by atoms with van der Waals surface area (Å²) < 4.78 is 7.64. The molecular weight excluding hydrogens is 400 g/mol. The number of rotatable bonds is 9. The zero-order valence-electron chi connectivity index (χ0n) is 18.5. The van der Waals surface area contributed by atoms with Crippen LogP contribution in [0.4, 0.5) is 0 Å². The highest BCUT2D eigenvalue weighted by atomic mass is 16.5. The Labute approximate surface area is 188 Å². The summed E-state index contributed by atoms with van der Waals surface area (Å²) in [7, 11) is 0. The number of hydrogen-bond donors (Lipinski definition) is 2. The van der Waals surface area contributed by atoms with Crippen LogP contribution in [0.25, 0.3) is 10.9 Å². The van der Waals surface area contributed by atoms with Crippen LogP contribution >= 0.6 is 0 Å². The molecule has 32 heavy (non-hydrogen) atoms. The highest BCUT2D eigenvalue weighted by molar-refractivity contribution is 5.98. The number of nitrogens with zero attached hydrogens (tertiary/aromatic N) is 1. The quantitative estimate of drug-likeness (QED) is 0.375. The molecule has 0 spiro atoms. The second-order valence-electron chi connectivity index (χ2n) is 7.81. The summed E-state index contributed by atoms with van der Waals surface area (Å²) in [5.41, 5.74) is 5.37. The van der Waals surface area contributed by atoms with Gasteiger partial charge in [0.05, 0.1) is 6.61 Å². The Kier molecular flexibility index (Phi) is 6.57. The van der Waals surface area contributed by atoms with Gasteiger partial charge in [-0.05, 0) is 37.1 Å². The first kappa shape index (κ1) is 21.7. The van der Waals surface area contributed by atoms with Crippen LogP contribution in [0.3, 0.4) is 0 Å². The van der Waals surface area contributed by atoms with E-state index in [4.69, 9.17) is 4.74 Å². The van der Waals surface area contributed by atoms with Crippen LogP contribution in [-0.2, 0) is 19.6 Å². The monoisotopic (exact) mass is 428 g/mol. The van der Waals surface area contributed by atoms with E-state index in [1.165, 1.54) is 0 Å². The van der Waals surface area contributed by atoms with Crippen LogP contribution in [0, 0.1) is 6.92 Å². The van der Waals surface area contributed by atoms with E-state index in [-0.39, 0.29) is 0 Å². The maximum atomic E-state index is 12.4. The van der Waals surface area contributed by atoms with Gasteiger partial charge in [0.25, 0.3) is 0 Å². The molecule has 164 valence electrons. The van der Waals surface area contributed by atoms with Crippen LogP contribution in [0.1, 0.15) is 39.7 Å². The highest BCUT2D eigenvalue weighted by Gasteiger charge is 2.22. The molecule has 0 aliphatic carbocycles. The van der Waals surface area contributed by atoms with Gasteiger partial charge < -0.3 is 19.7 Å². The van der Waals surface area contributed by atoms with Crippen molar-refractivity contribution in [3.8, 4) is 5.75 Å². The predicted molar refractivity (Wildman–Crippen MR) is 127 cm³/mol. The lowest BCUT2D eigenvalue weighted by atomic mass is 10.1. The lowest BCUT2D eigenvalue weighted by Crippen LogP contribution is -2.17. The van der Waals surface area contributed by atoms with E-state index in [0.29, 0.717) is 31.9 Å². The number of ether oxygens (including phenoxy) is 1. The third kappa shape index (κ3) is 4.39. The predicted octanol–water partition coefficient (Wildman–Crippen LogP) is 5.38. The number of carbonyl (C=O) groups is 1. The van der Waals surface area contributed by atoms with E-state index >= 15 is 0 Å². The molecule has 0 bridgehead atoms. The van der Waals surface area contributed by atoms with E-state index < -0.39 is 5.97 Å². The van der Waals surface area contributed by atoms with Crippen LogP contribution in [0.5, 0.6) is 5.75 Å². The molecule has 0 aliphatic heterocycles. The van der Waals surface area contributed by atoms with Crippen molar-refractivity contribution < 1.29 is 14.6 Å². The number of para-hydroxylation sites is 2. The Bertz CT molecular complexity index is 1240. The summed E-state index contributed by atoms with van der Waals surface area (Å²) in [5, 5.41) is 14.6. The maximum absolute atomic E-state index is 12.4. The molecule has 0 aliphatic rings. The molecule has 4 aromatic rings. The highest BCUT2D eigenvalue weighted by Crippen LogP contribution is 2.28. The van der Waals surface area contributed by atoms with Gasteiger partial charge in [-0.15, -0.1) is 0 Å². The minimum atomic E-state index is -0.915. The fourth-order valence-electron chi connectivity index (χ4n) is 4.19. The molecule has 5 heteroatoms. The first-order valence-electron chi connectivity index (χ1n) is 10.9. The largest absolute Gasteiger partial charge is 0.494 e. The summed E-state index contributed by atoms with van der Waals surface area (Å²) in [5.74, 6) is -0.0655. The molecule has 0 saturated heterocycles. The first-order valence-corrected chi connectivity index (χ1v) is 10.9. The standard InChI is InChI=1S/C27H28N2O3/c1-3-32-25-15-9-6-11-20(25)16-28-17-23-22-13-7-8-14-24(22)29(26(23)27(30)31)18-21-12-5-4-10-19(21)2/h4-15,28H,3,16-18H2,1-2H3,(H,30,31). The van der Waals surface area contributed by atoms with Crippen molar-refractivity contribution in [1.29, 1.82) is 0 Å². The van der Waals surface area contributed by atoms with Gasteiger partial charge in [-0.2, -0.15) is 0 Å². The minimum Gasteiger partial charge on any atom is -0.494 e. The first-order chi connectivity index (χ1) is 15.6. The SMILES string of the molecule is CCOc1ccccc1CNCc1c(C(=O)O)n(Cc2ccccc2C)c2ccccc12. The number of aryl methyl sites for hydroxylation is 1. The molecule has 3 aromatic carbocycles. The van der Waals surface area contributed by atoms with Crippen LogP contribution in [0.2, 0.25) is 0 Å². The summed E-state index contributed by atoms with van der Waals surface area (Å²) in [6, 6.07) is 23.9. The molecule has 0 fully saturated rings. The van der Waals surface area contributed by atoms with Gasteiger partial charge in [0.2, 0.25) is 0 Å². The molecule has 4 rings (SSSR count). The Hall–Kier alpha value is -3.57. The number of fused-ring (bicyclic) bond motifs is 1. The molecule has 0 atom stereocenters. The summed E-state index contributed by atoms with van der Waals surface area (Å²) in [6.07, 6.45) is 0. The zero-order valence-corrected chi connectivity index (χ0v) is 18.5. The van der Waals surface area contributed by atoms with E-state index in [1.807, 2.05) is 72.2 Å².